The van der Waals surface area contributed by atoms with Crippen molar-refractivity contribution in [2.75, 3.05) is 6.16 Å². The maximum Gasteiger partial charge on any atom is 0.111 e. The summed E-state index contributed by atoms with van der Waals surface area (Å²) in [4.78, 5) is 0. The van der Waals surface area contributed by atoms with Gasteiger partial charge in [0.25, 0.3) is 0 Å². The molecule has 2 atom stereocenters. The number of hydrogen-bond acceptors (Lipinski definition) is 1. The summed E-state index contributed by atoms with van der Waals surface area (Å²) in [7, 11) is 0.114. The van der Waals surface area contributed by atoms with Crippen LogP contribution in [0, 0.1) is 5.41 Å². The van der Waals surface area contributed by atoms with Gasteiger partial charge in [0.1, 0.15) is 5.85 Å². The summed E-state index contributed by atoms with van der Waals surface area (Å²) in [6.45, 7) is 4.62. The average Bonchev–Trinajstić information content (AvgIpc) is 2.34. The Bertz CT molecular complexity index is 122. The highest BCUT2D eigenvalue weighted by Gasteiger charge is 2.55. The molecule has 0 aromatic rings. The molecule has 2 aliphatic heterocycles. The van der Waals surface area contributed by atoms with Crippen LogP contribution in [0.15, 0.2) is 0 Å². The van der Waals surface area contributed by atoms with Crippen molar-refractivity contribution in [3.63, 3.8) is 0 Å². The van der Waals surface area contributed by atoms with Crippen molar-refractivity contribution in [1.82, 2.24) is 0 Å². The van der Waals surface area contributed by atoms with Crippen LogP contribution < -0.4 is 0 Å². The fraction of sp³-hybridized carbons (Fsp3) is 1.00. The van der Waals surface area contributed by atoms with Gasteiger partial charge in [-0.05, 0) is 18.0 Å². The van der Waals surface area contributed by atoms with Gasteiger partial charge >= 0.3 is 0 Å². The Balaban J connectivity index is 2.17. The normalized spacial score (nSPS) is 48.8. The highest BCUT2D eigenvalue weighted by molar-refractivity contribution is 7.59. The summed E-state index contributed by atoms with van der Waals surface area (Å²) in [6, 6.07) is 0. The molecule has 2 heteroatoms. The summed E-state index contributed by atoms with van der Waals surface area (Å²) < 4.78 is 5.43. The van der Waals surface area contributed by atoms with E-state index in [-0.39, 0.29) is 8.15 Å². The van der Waals surface area contributed by atoms with Crippen molar-refractivity contribution in [2.24, 2.45) is 5.41 Å². The maximum atomic E-state index is 5.43. The molecular formula is C6H11OP. The molecule has 0 N–H and O–H groups in total. The summed E-state index contributed by atoms with van der Waals surface area (Å²) in [5.41, 5.74) is 0.533. The molecule has 8 heavy (non-hydrogen) atoms. The van der Waals surface area contributed by atoms with Crippen LogP contribution in [-0.2, 0) is 4.52 Å². The maximum absolute atomic E-state index is 5.43. The van der Waals surface area contributed by atoms with Gasteiger partial charge in [0.05, 0.1) is 8.15 Å². The molecular weight excluding hydrogens is 119 g/mol. The van der Waals surface area contributed by atoms with Crippen LogP contribution in [0.4, 0.5) is 0 Å². The molecule has 0 bridgehead atoms. The first-order chi connectivity index (χ1) is 3.70. The Hall–Kier alpha value is 0.390. The van der Waals surface area contributed by atoms with E-state index in [1.165, 1.54) is 12.6 Å². The van der Waals surface area contributed by atoms with Crippen molar-refractivity contribution in [2.45, 2.75) is 26.1 Å². The molecule has 2 fully saturated rings. The lowest BCUT2D eigenvalue weighted by Gasteiger charge is -2.15. The summed E-state index contributed by atoms with van der Waals surface area (Å²) in [5, 5.41) is 0. The van der Waals surface area contributed by atoms with Crippen molar-refractivity contribution in [3.05, 3.63) is 0 Å². The molecule has 2 rings (SSSR count). The van der Waals surface area contributed by atoms with E-state index >= 15 is 0 Å². The highest BCUT2D eigenvalue weighted by atomic mass is 31.2. The van der Waals surface area contributed by atoms with Gasteiger partial charge in [-0.15, -0.1) is 0 Å². The first kappa shape index (κ1) is 5.20. The third-order valence-electron chi connectivity index (χ3n) is 2.10. The van der Waals surface area contributed by atoms with Crippen LogP contribution >= 0.6 is 8.15 Å². The molecule has 0 spiro atoms. The molecule has 1 nitrogen and oxygen atoms in total. The van der Waals surface area contributed by atoms with Crippen molar-refractivity contribution in [1.29, 1.82) is 0 Å². The molecule has 46 valence electrons. The van der Waals surface area contributed by atoms with E-state index in [1.54, 1.807) is 0 Å². The Morgan fingerprint density at radius 1 is 1.62 bits per heavy atom. The van der Waals surface area contributed by atoms with E-state index in [1.807, 2.05) is 0 Å². The molecule has 0 aromatic carbocycles. The van der Waals surface area contributed by atoms with Crippen LogP contribution in [0.25, 0.3) is 0 Å². The van der Waals surface area contributed by atoms with Crippen molar-refractivity contribution in [3.8, 4) is 0 Å². The molecule has 0 amide bonds. The van der Waals surface area contributed by atoms with E-state index in [0.717, 1.165) is 0 Å². The van der Waals surface area contributed by atoms with E-state index in [0.29, 0.717) is 11.3 Å². The van der Waals surface area contributed by atoms with Gasteiger partial charge in [-0.3, -0.25) is 0 Å². The van der Waals surface area contributed by atoms with Gasteiger partial charge in [0.2, 0.25) is 0 Å². The number of hydrogen-bond donors (Lipinski definition) is 0. The van der Waals surface area contributed by atoms with Gasteiger partial charge < -0.3 is 4.52 Å². The van der Waals surface area contributed by atoms with Crippen LogP contribution in [0.1, 0.15) is 20.3 Å². The van der Waals surface area contributed by atoms with Gasteiger partial charge in [-0.1, -0.05) is 13.8 Å². The number of rotatable bonds is 0. The van der Waals surface area contributed by atoms with E-state index < -0.39 is 0 Å². The van der Waals surface area contributed by atoms with Crippen LogP contribution in [0.2, 0.25) is 0 Å². The zero-order valence-corrected chi connectivity index (χ0v) is 6.24. The lowest BCUT2D eigenvalue weighted by atomic mass is 9.92. The summed E-state index contributed by atoms with van der Waals surface area (Å²) >= 11 is 0. The van der Waals surface area contributed by atoms with Crippen LogP contribution in [0.3, 0.4) is 0 Å². The Kier molecular flexibility index (Phi) is 0.828. The van der Waals surface area contributed by atoms with Gasteiger partial charge in [-0.2, -0.15) is 0 Å². The van der Waals surface area contributed by atoms with Gasteiger partial charge in [-0.25, -0.2) is 0 Å². The van der Waals surface area contributed by atoms with E-state index in [4.69, 9.17) is 4.52 Å². The zero-order chi connectivity index (χ0) is 5.78. The lowest BCUT2D eigenvalue weighted by molar-refractivity contribution is 0.236. The smallest absolute Gasteiger partial charge is 0.111 e. The number of fused-ring (bicyclic) bond motifs is 1. The first-order valence-electron chi connectivity index (χ1n) is 3.13. The van der Waals surface area contributed by atoms with Gasteiger partial charge in [0.15, 0.2) is 0 Å². The second-order valence-corrected chi connectivity index (χ2v) is 5.30. The second kappa shape index (κ2) is 1.27. The molecule has 2 saturated heterocycles. The molecule has 2 unspecified atom stereocenters. The van der Waals surface area contributed by atoms with E-state index in [2.05, 4.69) is 13.8 Å². The molecule has 0 aliphatic carbocycles. The van der Waals surface area contributed by atoms with Gasteiger partial charge in [0, 0.05) is 0 Å². The molecule has 0 radical (unpaired) electrons. The minimum Gasteiger partial charge on any atom is -0.346 e. The lowest BCUT2D eigenvalue weighted by Crippen LogP contribution is -2.14. The SMILES string of the molecule is CC1(C)CCP2OC21. The Morgan fingerprint density at radius 2 is 2.38 bits per heavy atom. The quantitative estimate of drug-likeness (QED) is 0.361. The molecule has 0 aromatic heterocycles. The predicted molar refractivity (Wildman–Crippen MR) is 35.1 cm³/mol. The summed E-state index contributed by atoms with van der Waals surface area (Å²) in [6.07, 6.45) is 2.76. The molecule has 0 saturated carbocycles. The van der Waals surface area contributed by atoms with E-state index in [9.17, 15) is 0 Å². The van der Waals surface area contributed by atoms with Crippen LogP contribution in [-0.4, -0.2) is 12.0 Å². The van der Waals surface area contributed by atoms with Crippen molar-refractivity contribution >= 4 is 8.15 Å². The summed E-state index contributed by atoms with van der Waals surface area (Å²) in [5.74, 6) is 0.692. The molecule has 2 heterocycles. The van der Waals surface area contributed by atoms with Crippen molar-refractivity contribution < 1.29 is 4.52 Å². The molecule has 2 aliphatic rings. The third-order valence-corrected chi connectivity index (χ3v) is 4.36. The Labute approximate surface area is 51.3 Å². The Morgan fingerprint density at radius 3 is 2.50 bits per heavy atom. The third kappa shape index (κ3) is 0.549. The second-order valence-electron chi connectivity index (χ2n) is 3.34. The predicted octanol–water partition coefficient (Wildman–Crippen LogP) is 2.17. The fourth-order valence-electron chi connectivity index (χ4n) is 1.33. The fourth-order valence-corrected chi connectivity index (χ4v) is 4.06. The largest absolute Gasteiger partial charge is 0.346 e. The highest BCUT2D eigenvalue weighted by Crippen LogP contribution is 2.74. The average molecular weight is 130 g/mol. The minimum atomic E-state index is 0.114. The first-order valence-corrected chi connectivity index (χ1v) is 4.65. The standard InChI is InChI=1S/C6H11OP/c1-6(2)3-4-8-5(6)7-8/h5H,3-4H2,1-2H3. The minimum absolute atomic E-state index is 0.114. The topological polar surface area (TPSA) is 12.5 Å². The monoisotopic (exact) mass is 130 g/mol. The zero-order valence-electron chi connectivity index (χ0n) is 5.35. The van der Waals surface area contributed by atoms with Crippen LogP contribution in [0.5, 0.6) is 0 Å².